The van der Waals surface area contributed by atoms with Crippen LogP contribution in [0.5, 0.6) is 5.75 Å². The summed E-state index contributed by atoms with van der Waals surface area (Å²) in [7, 11) is 1.75. The van der Waals surface area contributed by atoms with E-state index in [2.05, 4.69) is 110 Å². The first-order chi connectivity index (χ1) is 21.6. The summed E-state index contributed by atoms with van der Waals surface area (Å²) in [6.07, 6.45) is 15.1. The zero-order valence-electron chi connectivity index (χ0n) is 26.4. The molecular formula is C40H43N3O. The average molecular weight is 582 g/mol. The van der Waals surface area contributed by atoms with Gasteiger partial charge in [-0.05, 0) is 122 Å². The summed E-state index contributed by atoms with van der Waals surface area (Å²) in [4.78, 5) is 2.32. The van der Waals surface area contributed by atoms with Gasteiger partial charge >= 0.3 is 0 Å². The van der Waals surface area contributed by atoms with Gasteiger partial charge in [0, 0.05) is 28.7 Å². The van der Waals surface area contributed by atoms with Crippen molar-refractivity contribution >= 4 is 22.6 Å². The summed E-state index contributed by atoms with van der Waals surface area (Å²) >= 11 is 0. The van der Waals surface area contributed by atoms with Crippen LogP contribution in [-0.4, -0.2) is 7.11 Å². The lowest BCUT2D eigenvalue weighted by molar-refractivity contribution is 0.413. The molecule has 0 saturated heterocycles. The molecule has 44 heavy (non-hydrogen) atoms. The van der Waals surface area contributed by atoms with Crippen LogP contribution in [0.2, 0.25) is 0 Å². The number of nitrogens with zero attached hydrogens (tertiary/aromatic N) is 3. The maximum absolute atomic E-state index is 9.41. The van der Waals surface area contributed by atoms with Crippen molar-refractivity contribution in [2.24, 2.45) is 5.92 Å². The van der Waals surface area contributed by atoms with Gasteiger partial charge in [-0.3, -0.25) is 0 Å². The molecule has 0 aromatic heterocycles. The van der Waals surface area contributed by atoms with Crippen LogP contribution in [0.15, 0.2) is 95.6 Å². The lowest BCUT2D eigenvalue weighted by Gasteiger charge is -2.30. The molecule has 3 aromatic rings. The Morgan fingerprint density at radius 2 is 1.34 bits per heavy atom. The Morgan fingerprint density at radius 3 is 1.89 bits per heavy atom. The van der Waals surface area contributed by atoms with Crippen molar-refractivity contribution in [3.05, 3.63) is 112 Å². The molecule has 4 heteroatoms. The molecule has 0 aliphatic heterocycles. The molecule has 0 heterocycles. The van der Waals surface area contributed by atoms with Gasteiger partial charge in [-0.1, -0.05) is 63.1 Å². The molecule has 2 aliphatic carbocycles. The molecule has 5 rings (SSSR count). The van der Waals surface area contributed by atoms with Crippen molar-refractivity contribution in [1.29, 1.82) is 10.5 Å². The third-order valence-corrected chi connectivity index (χ3v) is 9.04. The molecule has 3 aromatic carbocycles. The molecule has 0 fully saturated rings. The van der Waals surface area contributed by atoms with Crippen LogP contribution in [0.1, 0.15) is 81.9 Å². The van der Waals surface area contributed by atoms with Gasteiger partial charge in [-0.15, -0.1) is 0 Å². The van der Waals surface area contributed by atoms with Crippen LogP contribution < -0.4 is 9.64 Å². The minimum absolute atomic E-state index is 0.232. The zero-order valence-corrected chi connectivity index (χ0v) is 26.4. The predicted molar refractivity (Wildman–Crippen MR) is 181 cm³/mol. The number of methoxy groups -OCH3 is 1. The Hall–Kier alpha value is -4.54. The molecule has 1 unspecified atom stereocenters. The fourth-order valence-electron chi connectivity index (χ4n) is 6.46. The van der Waals surface area contributed by atoms with Crippen LogP contribution in [0.4, 0.5) is 17.1 Å². The second-order valence-electron chi connectivity index (χ2n) is 12.0. The van der Waals surface area contributed by atoms with E-state index in [0.29, 0.717) is 5.92 Å². The number of unbranched alkanes of at least 4 members (excludes halogenated alkanes) is 2. The minimum Gasteiger partial charge on any atom is -0.496 e. The van der Waals surface area contributed by atoms with Crippen LogP contribution >= 0.6 is 0 Å². The number of fused-ring (bicyclic) bond motifs is 1. The second-order valence-corrected chi connectivity index (χ2v) is 12.0. The lowest BCUT2D eigenvalue weighted by atomic mass is 9.75. The van der Waals surface area contributed by atoms with Crippen LogP contribution in [0.3, 0.4) is 0 Å². The number of nitriles is 2. The van der Waals surface area contributed by atoms with Gasteiger partial charge < -0.3 is 9.64 Å². The highest BCUT2D eigenvalue weighted by molar-refractivity contribution is 5.81. The number of hydrogen-bond donors (Lipinski definition) is 0. The number of hydrogen-bond acceptors (Lipinski definition) is 4. The normalized spacial score (nSPS) is 15.8. The third-order valence-electron chi connectivity index (χ3n) is 9.04. The monoisotopic (exact) mass is 581 g/mol. The molecule has 4 nitrogen and oxygen atoms in total. The van der Waals surface area contributed by atoms with E-state index >= 15 is 0 Å². The van der Waals surface area contributed by atoms with Crippen molar-refractivity contribution in [1.82, 2.24) is 0 Å². The summed E-state index contributed by atoms with van der Waals surface area (Å²) in [5.41, 5.74) is 10.7. The van der Waals surface area contributed by atoms with Gasteiger partial charge in [0.15, 0.2) is 0 Å². The number of rotatable bonds is 11. The third kappa shape index (κ3) is 6.98. The molecular weight excluding hydrogens is 538 g/mol. The van der Waals surface area contributed by atoms with E-state index in [4.69, 9.17) is 4.74 Å². The SMILES string of the molecule is CCCCc1ccc(N(c2ccc(CCCC)cc2)c2ccc(C3=CC4=CC(=C(C#N)C#N)CCC4CC3)c(OC)c2)cc1. The summed E-state index contributed by atoms with van der Waals surface area (Å²) < 4.78 is 6.04. The highest BCUT2D eigenvalue weighted by Gasteiger charge is 2.26. The van der Waals surface area contributed by atoms with Gasteiger partial charge in [0.25, 0.3) is 0 Å². The van der Waals surface area contributed by atoms with Crippen molar-refractivity contribution < 1.29 is 4.74 Å². The first-order valence-electron chi connectivity index (χ1n) is 16.2. The van der Waals surface area contributed by atoms with Crippen molar-refractivity contribution in [3.63, 3.8) is 0 Å². The smallest absolute Gasteiger partial charge is 0.132 e. The van der Waals surface area contributed by atoms with E-state index in [1.165, 1.54) is 48.0 Å². The van der Waals surface area contributed by atoms with E-state index in [9.17, 15) is 10.5 Å². The predicted octanol–water partition coefficient (Wildman–Crippen LogP) is 10.7. The summed E-state index contributed by atoms with van der Waals surface area (Å²) in [6.45, 7) is 4.47. The van der Waals surface area contributed by atoms with E-state index in [1.54, 1.807) is 7.11 Å². The van der Waals surface area contributed by atoms with Gasteiger partial charge in [-0.25, -0.2) is 0 Å². The van der Waals surface area contributed by atoms with Gasteiger partial charge in [-0.2, -0.15) is 10.5 Å². The Bertz CT molecular complexity index is 1560. The van der Waals surface area contributed by atoms with E-state index < -0.39 is 0 Å². The first kappa shape index (κ1) is 30.9. The Labute approximate surface area is 263 Å². The molecule has 0 amide bonds. The molecule has 0 radical (unpaired) electrons. The fourth-order valence-corrected chi connectivity index (χ4v) is 6.46. The maximum atomic E-state index is 9.41. The number of ether oxygens (including phenoxy) is 1. The average Bonchev–Trinajstić information content (AvgIpc) is 3.07. The first-order valence-corrected chi connectivity index (χ1v) is 16.2. The van der Waals surface area contributed by atoms with E-state index in [-0.39, 0.29) is 5.57 Å². The second kappa shape index (κ2) is 14.8. The minimum atomic E-state index is 0.232. The van der Waals surface area contributed by atoms with E-state index in [0.717, 1.165) is 72.5 Å². The Balaban J connectivity index is 1.52. The molecule has 0 N–H and O–H groups in total. The summed E-state index contributed by atoms with van der Waals surface area (Å²) in [5.74, 6) is 1.32. The van der Waals surface area contributed by atoms with Crippen LogP contribution in [0, 0.1) is 28.6 Å². The van der Waals surface area contributed by atoms with Gasteiger partial charge in [0.1, 0.15) is 23.5 Å². The highest BCUT2D eigenvalue weighted by atomic mass is 16.5. The molecule has 224 valence electrons. The molecule has 0 spiro atoms. The lowest BCUT2D eigenvalue weighted by Crippen LogP contribution is -2.14. The number of benzene rings is 3. The molecule has 0 bridgehead atoms. The largest absolute Gasteiger partial charge is 0.496 e. The quantitative estimate of drug-likeness (QED) is 0.211. The number of aryl methyl sites for hydroxylation is 2. The van der Waals surface area contributed by atoms with Gasteiger partial charge in [0.2, 0.25) is 0 Å². The van der Waals surface area contributed by atoms with Crippen molar-refractivity contribution in [2.45, 2.75) is 78.1 Å². The molecule has 0 saturated carbocycles. The standard InChI is InChI=1S/C40H43N3O/c1-4-6-8-29-10-18-36(19-11-29)43(37-20-12-30(13-21-37)9-7-5-2)38-22-23-39(40(26-38)44-3)33-17-15-31-14-16-32(24-34(31)25-33)35(27-41)28-42/h10-13,18-26,31H,4-9,14-17H2,1-3H3. The van der Waals surface area contributed by atoms with Crippen LogP contribution in [-0.2, 0) is 12.8 Å². The van der Waals surface area contributed by atoms with Crippen LogP contribution in [0.25, 0.3) is 5.57 Å². The fraction of sp³-hybridized carbons (Fsp3) is 0.350. The topological polar surface area (TPSA) is 60.0 Å². The highest BCUT2D eigenvalue weighted by Crippen LogP contribution is 2.44. The maximum Gasteiger partial charge on any atom is 0.132 e. The molecule has 2 aliphatic rings. The summed E-state index contributed by atoms with van der Waals surface area (Å²) in [5, 5.41) is 18.8. The zero-order chi connectivity index (χ0) is 30.9. The van der Waals surface area contributed by atoms with Crippen molar-refractivity contribution in [2.75, 3.05) is 12.0 Å². The summed E-state index contributed by atoms with van der Waals surface area (Å²) in [6, 6.07) is 28.7. The Morgan fingerprint density at radius 1 is 0.773 bits per heavy atom. The van der Waals surface area contributed by atoms with Crippen molar-refractivity contribution in [3.8, 4) is 17.9 Å². The van der Waals surface area contributed by atoms with Gasteiger partial charge in [0.05, 0.1) is 7.11 Å². The number of allylic oxidation sites excluding steroid dienone is 6. The van der Waals surface area contributed by atoms with E-state index in [1.807, 2.05) is 0 Å². The Kier molecular flexibility index (Phi) is 10.4. The number of anilines is 3. The molecule has 1 atom stereocenters.